The zero-order valence-electron chi connectivity index (χ0n) is 13.3. The molecule has 24 heavy (non-hydrogen) atoms. The Bertz CT molecular complexity index is 933. The Morgan fingerprint density at radius 2 is 1.62 bits per heavy atom. The summed E-state index contributed by atoms with van der Waals surface area (Å²) in [5.74, 6) is 0.340. The smallest absolute Gasteiger partial charge is 0.293 e. The van der Waals surface area contributed by atoms with E-state index in [1.165, 1.54) is 7.11 Å². The van der Waals surface area contributed by atoms with Crippen LogP contribution >= 0.6 is 0 Å². The van der Waals surface area contributed by atoms with Gasteiger partial charge in [-0.2, -0.15) is 5.26 Å². The van der Waals surface area contributed by atoms with E-state index in [2.05, 4.69) is 6.07 Å². The Morgan fingerprint density at radius 1 is 1.00 bits per heavy atom. The van der Waals surface area contributed by atoms with Crippen LogP contribution in [0.5, 0.6) is 5.75 Å². The zero-order valence-corrected chi connectivity index (χ0v) is 13.3. The van der Waals surface area contributed by atoms with E-state index >= 15 is 0 Å². The summed E-state index contributed by atoms with van der Waals surface area (Å²) in [5.41, 5.74) is 3.66. The molecule has 3 rings (SSSR count). The minimum absolute atomic E-state index is 0.142. The highest BCUT2D eigenvalue weighted by molar-refractivity contribution is 5.64. The molecule has 4 heteroatoms. The zero-order chi connectivity index (χ0) is 16.9. The van der Waals surface area contributed by atoms with Gasteiger partial charge in [0.2, 0.25) is 0 Å². The second-order valence-corrected chi connectivity index (χ2v) is 5.40. The summed E-state index contributed by atoms with van der Waals surface area (Å²) in [5, 5.41) is 8.85. The van der Waals surface area contributed by atoms with Crippen LogP contribution in [0.4, 0.5) is 0 Å². The summed E-state index contributed by atoms with van der Waals surface area (Å²) in [6.45, 7) is 0.490. The quantitative estimate of drug-likeness (QED) is 0.741. The molecule has 0 spiro atoms. The van der Waals surface area contributed by atoms with Crippen LogP contribution in [0.25, 0.3) is 11.1 Å². The largest absolute Gasteiger partial charge is 0.491 e. The van der Waals surface area contributed by atoms with Crippen LogP contribution in [0, 0.1) is 11.3 Å². The van der Waals surface area contributed by atoms with Gasteiger partial charge in [0.25, 0.3) is 5.56 Å². The Balaban J connectivity index is 1.82. The van der Waals surface area contributed by atoms with E-state index in [1.807, 2.05) is 36.4 Å². The maximum absolute atomic E-state index is 12.2. The molecule has 1 heterocycles. The van der Waals surface area contributed by atoms with Gasteiger partial charge in [-0.15, -0.1) is 0 Å². The second kappa shape index (κ2) is 6.84. The van der Waals surface area contributed by atoms with Crippen molar-refractivity contribution in [3.63, 3.8) is 0 Å². The van der Waals surface area contributed by atoms with Crippen LogP contribution < -0.4 is 10.3 Å². The molecular formula is C20H16N2O2. The van der Waals surface area contributed by atoms with Crippen molar-refractivity contribution in [2.45, 2.75) is 6.54 Å². The van der Waals surface area contributed by atoms with E-state index in [4.69, 9.17) is 10.00 Å². The van der Waals surface area contributed by atoms with Crippen LogP contribution in [0.2, 0.25) is 0 Å². The predicted molar refractivity (Wildman–Crippen MR) is 92.9 cm³/mol. The molecule has 0 aliphatic heterocycles. The van der Waals surface area contributed by atoms with Gasteiger partial charge in [0.15, 0.2) is 5.75 Å². The third-order valence-electron chi connectivity index (χ3n) is 3.86. The van der Waals surface area contributed by atoms with E-state index in [1.54, 1.807) is 35.0 Å². The van der Waals surface area contributed by atoms with Crippen molar-refractivity contribution in [2.24, 2.45) is 0 Å². The third-order valence-corrected chi connectivity index (χ3v) is 3.86. The number of methoxy groups -OCH3 is 1. The van der Waals surface area contributed by atoms with Gasteiger partial charge < -0.3 is 9.30 Å². The number of rotatable bonds is 4. The summed E-state index contributed by atoms with van der Waals surface area (Å²) >= 11 is 0. The molecule has 0 saturated heterocycles. The van der Waals surface area contributed by atoms with E-state index in [-0.39, 0.29) is 5.56 Å². The van der Waals surface area contributed by atoms with Gasteiger partial charge >= 0.3 is 0 Å². The predicted octanol–water partition coefficient (Wildman–Crippen LogP) is 3.44. The fourth-order valence-electron chi connectivity index (χ4n) is 2.53. The fourth-order valence-corrected chi connectivity index (χ4v) is 2.53. The van der Waals surface area contributed by atoms with Crippen LogP contribution in [0.1, 0.15) is 11.1 Å². The first-order chi connectivity index (χ1) is 11.7. The molecule has 0 amide bonds. The number of nitrogens with zero attached hydrogens (tertiary/aromatic N) is 2. The monoisotopic (exact) mass is 316 g/mol. The topological polar surface area (TPSA) is 55.0 Å². The summed E-state index contributed by atoms with van der Waals surface area (Å²) in [6, 6.07) is 21.1. The second-order valence-electron chi connectivity index (χ2n) is 5.40. The highest BCUT2D eigenvalue weighted by Crippen LogP contribution is 2.20. The van der Waals surface area contributed by atoms with Gasteiger partial charge in [-0.25, -0.2) is 0 Å². The molecule has 1 aromatic heterocycles. The first-order valence-corrected chi connectivity index (χ1v) is 7.54. The summed E-state index contributed by atoms with van der Waals surface area (Å²) in [7, 11) is 1.49. The van der Waals surface area contributed by atoms with Crippen LogP contribution in [0.15, 0.2) is 71.7 Å². The van der Waals surface area contributed by atoms with Crippen molar-refractivity contribution >= 4 is 0 Å². The lowest BCUT2D eigenvalue weighted by atomic mass is 10.0. The normalized spacial score (nSPS) is 10.2. The number of ether oxygens (including phenoxy) is 1. The highest BCUT2D eigenvalue weighted by Gasteiger charge is 2.04. The van der Waals surface area contributed by atoms with E-state index in [0.29, 0.717) is 17.9 Å². The fraction of sp³-hybridized carbons (Fsp3) is 0.100. The molecule has 0 saturated carbocycles. The lowest BCUT2D eigenvalue weighted by Crippen LogP contribution is -2.20. The maximum Gasteiger partial charge on any atom is 0.293 e. The SMILES string of the molecule is COc1cccn(Cc2ccc(-c3ccc(C#N)cc3)cc2)c1=O. The number of hydrogen-bond acceptors (Lipinski definition) is 3. The molecule has 0 bridgehead atoms. The van der Waals surface area contributed by atoms with Gasteiger partial charge in [-0.1, -0.05) is 36.4 Å². The van der Waals surface area contributed by atoms with Crippen molar-refractivity contribution in [3.05, 3.63) is 88.3 Å². The van der Waals surface area contributed by atoms with Crippen LogP contribution in [-0.4, -0.2) is 11.7 Å². The van der Waals surface area contributed by atoms with E-state index in [9.17, 15) is 4.79 Å². The maximum atomic E-state index is 12.2. The standard InChI is InChI=1S/C20H16N2O2/c1-24-19-3-2-12-22(20(19)23)14-16-6-10-18(11-7-16)17-8-4-15(13-21)5-9-17/h2-12H,14H2,1H3. The Kier molecular flexibility index (Phi) is 4.44. The molecule has 2 aromatic carbocycles. The first-order valence-electron chi connectivity index (χ1n) is 7.54. The van der Waals surface area contributed by atoms with E-state index in [0.717, 1.165) is 16.7 Å². The summed E-state index contributed by atoms with van der Waals surface area (Å²) < 4.78 is 6.68. The molecule has 0 fully saturated rings. The minimum atomic E-state index is -0.142. The molecule has 0 unspecified atom stereocenters. The van der Waals surface area contributed by atoms with Gasteiger partial charge in [-0.05, 0) is 41.0 Å². The highest BCUT2D eigenvalue weighted by atomic mass is 16.5. The van der Waals surface area contributed by atoms with Gasteiger partial charge in [0.05, 0.1) is 25.3 Å². The van der Waals surface area contributed by atoms with Gasteiger partial charge in [-0.3, -0.25) is 4.79 Å². The molecule has 0 aliphatic carbocycles. The summed E-state index contributed by atoms with van der Waals surface area (Å²) in [6.07, 6.45) is 1.75. The van der Waals surface area contributed by atoms with Gasteiger partial charge in [0, 0.05) is 6.20 Å². The molecule has 0 aliphatic rings. The number of pyridine rings is 1. The van der Waals surface area contributed by atoms with Crippen molar-refractivity contribution < 1.29 is 4.74 Å². The van der Waals surface area contributed by atoms with Crippen LogP contribution in [0.3, 0.4) is 0 Å². The molecular weight excluding hydrogens is 300 g/mol. The minimum Gasteiger partial charge on any atom is -0.491 e. The number of nitriles is 1. The average molecular weight is 316 g/mol. The van der Waals surface area contributed by atoms with Crippen molar-refractivity contribution in [1.82, 2.24) is 4.57 Å². The average Bonchev–Trinajstić information content (AvgIpc) is 2.64. The molecule has 3 aromatic rings. The number of hydrogen-bond donors (Lipinski definition) is 0. The van der Waals surface area contributed by atoms with Crippen LogP contribution in [-0.2, 0) is 6.54 Å². The number of aromatic nitrogens is 1. The van der Waals surface area contributed by atoms with Crippen molar-refractivity contribution in [2.75, 3.05) is 7.11 Å². The van der Waals surface area contributed by atoms with Crippen molar-refractivity contribution in [3.8, 4) is 22.9 Å². The Hall–Kier alpha value is -3.32. The van der Waals surface area contributed by atoms with Gasteiger partial charge in [0.1, 0.15) is 0 Å². The lowest BCUT2D eigenvalue weighted by Gasteiger charge is -2.09. The molecule has 0 N–H and O–H groups in total. The Morgan fingerprint density at radius 3 is 2.21 bits per heavy atom. The Labute approximate surface area is 140 Å². The van der Waals surface area contributed by atoms with Crippen molar-refractivity contribution in [1.29, 1.82) is 5.26 Å². The molecule has 0 atom stereocenters. The summed E-state index contributed by atoms with van der Waals surface area (Å²) in [4.78, 5) is 12.2. The lowest BCUT2D eigenvalue weighted by molar-refractivity contribution is 0.403. The first kappa shape index (κ1) is 15.6. The molecule has 0 radical (unpaired) electrons. The number of benzene rings is 2. The molecule has 4 nitrogen and oxygen atoms in total. The molecule has 118 valence electrons. The third kappa shape index (κ3) is 3.21. The van der Waals surface area contributed by atoms with E-state index < -0.39 is 0 Å².